The first kappa shape index (κ1) is 28.7. The van der Waals surface area contributed by atoms with Crippen molar-refractivity contribution in [1.29, 1.82) is 0 Å². The van der Waals surface area contributed by atoms with Gasteiger partial charge < -0.3 is 19.9 Å². The van der Waals surface area contributed by atoms with Gasteiger partial charge in [0.25, 0.3) is 5.91 Å². The summed E-state index contributed by atoms with van der Waals surface area (Å²) in [4.78, 5) is 16.5. The lowest BCUT2D eigenvalue weighted by Gasteiger charge is -2.36. The standard InChI is InChI=1S/C27H21F5N4O4S/c28-20-19(21(29)23(31)24(32)22(20)30)25(38)35-16-7-5-15(6-8-16)26-39-17(11-41-27-33-12-34-36-27)9-18(40-26)14-3-1-13(10-37)2-4-14/h1-8,12,17-18,26,37H,9-11H2,(H,35,38)(H,33,34,36)/t17-,18+,26+/m1/s1. The molecule has 0 aliphatic carbocycles. The molecule has 3 aromatic carbocycles. The average Bonchev–Trinajstić information content (AvgIpc) is 3.52. The number of hydrogen-bond donors (Lipinski definition) is 3. The molecule has 1 amide bonds. The van der Waals surface area contributed by atoms with Gasteiger partial charge in [-0.25, -0.2) is 26.9 Å². The Labute approximate surface area is 233 Å². The predicted octanol–water partition coefficient (Wildman–Crippen LogP) is 5.58. The van der Waals surface area contributed by atoms with Gasteiger partial charge >= 0.3 is 0 Å². The fraction of sp³-hybridized carbons (Fsp3) is 0.222. The summed E-state index contributed by atoms with van der Waals surface area (Å²) in [6.07, 6.45) is 0.432. The zero-order valence-electron chi connectivity index (χ0n) is 20.9. The van der Waals surface area contributed by atoms with E-state index in [0.717, 1.165) is 11.1 Å². The molecule has 2 heterocycles. The van der Waals surface area contributed by atoms with Gasteiger partial charge in [0, 0.05) is 23.4 Å². The third-order valence-electron chi connectivity index (χ3n) is 6.29. The molecule has 3 N–H and O–H groups in total. The summed E-state index contributed by atoms with van der Waals surface area (Å²) < 4.78 is 80.8. The first-order valence-corrected chi connectivity index (χ1v) is 13.1. The van der Waals surface area contributed by atoms with E-state index in [4.69, 9.17) is 9.47 Å². The molecule has 1 aromatic heterocycles. The van der Waals surface area contributed by atoms with Crippen LogP contribution in [0.15, 0.2) is 60.0 Å². The smallest absolute Gasteiger partial charge is 0.261 e. The summed E-state index contributed by atoms with van der Waals surface area (Å²) >= 11 is 1.42. The number of aromatic nitrogens is 3. The van der Waals surface area contributed by atoms with Crippen LogP contribution in [0.4, 0.5) is 27.6 Å². The first-order valence-electron chi connectivity index (χ1n) is 12.2. The first-order chi connectivity index (χ1) is 19.7. The van der Waals surface area contributed by atoms with Crippen LogP contribution in [0.2, 0.25) is 0 Å². The molecule has 4 aromatic rings. The molecule has 5 rings (SSSR count). The maximum absolute atomic E-state index is 14.0. The number of carbonyl (C=O) groups is 1. The minimum absolute atomic E-state index is 0.0343. The number of aliphatic hydroxyl groups excluding tert-OH is 1. The van der Waals surface area contributed by atoms with Crippen molar-refractivity contribution in [2.24, 2.45) is 0 Å². The topological polar surface area (TPSA) is 109 Å². The molecule has 1 aliphatic rings. The number of rotatable bonds is 8. The Morgan fingerprint density at radius 1 is 0.927 bits per heavy atom. The second kappa shape index (κ2) is 12.3. The van der Waals surface area contributed by atoms with E-state index < -0.39 is 46.8 Å². The molecule has 0 unspecified atom stereocenters. The molecule has 3 atom stereocenters. The maximum Gasteiger partial charge on any atom is 0.261 e. The Bertz CT molecular complexity index is 1500. The van der Waals surface area contributed by atoms with E-state index in [2.05, 4.69) is 20.5 Å². The highest BCUT2D eigenvalue weighted by molar-refractivity contribution is 7.99. The van der Waals surface area contributed by atoms with Crippen LogP contribution < -0.4 is 5.32 Å². The zero-order chi connectivity index (χ0) is 29.1. The second-order valence-corrected chi connectivity index (χ2v) is 9.98. The number of anilines is 1. The largest absolute Gasteiger partial charge is 0.392 e. The van der Waals surface area contributed by atoms with Crippen molar-refractivity contribution in [3.05, 3.63) is 106 Å². The third kappa shape index (κ3) is 6.25. The molecular weight excluding hydrogens is 571 g/mol. The molecule has 1 fully saturated rings. The van der Waals surface area contributed by atoms with E-state index in [1.54, 1.807) is 12.1 Å². The van der Waals surface area contributed by atoms with Crippen LogP contribution in [-0.4, -0.2) is 38.1 Å². The third-order valence-corrected chi connectivity index (χ3v) is 7.30. The van der Waals surface area contributed by atoms with Gasteiger partial charge in [0.05, 0.1) is 18.8 Å². The van der Waals surface area contributed by atoms with Crippen LogP contribution in [0, 0.1) is 29.1 Å². The highest BCUT2D eigenvalue weighted by atomic mass is 32.2. The lowest BCUT2D eigenvalue weighted by atomic mass is 10.0. The van der Waals surface area contributed by atoms with E-state index in [9.17, 15) is 31.9 Å². The van der Waals surface area contributed by atoms with Crippen molar-refractivity contribution >= 4 is 23.4 Å². The van der Waals surface area contributed by atoms with Crippen LogP contribution in [-0.2, 0) is 16.1 Å². The summed E-state index contributed by atoms with van der Waals surface area (Å²) in [6, 6.07) is 13.1. The molecule has 214 valence electrons. The number of hydrogen-bond acceptors (Lipinski definition) is 7. The van der Waals surface area contributed by atoms with Gasteiger partial charge in [0.2, 0.25) is 5.82 Å². The molecular formula is C27H21F5N4O4S. The number of thioether (sulfide) groups is 1. The van der Waals surface area contributed by atoms with Crippen LogP contribution >= 0.6 is 11.8 Å². The minimum atomic E-state index is -2.35. The zero-order valence-corrected chi connectivity index (χ0v) is 21.7. The summed E-state index contributed by atoms with van der Waals surface area (Å²) in [5, 5.41) is 18.7. The monoisotopic (exact) mass is 592 g/mol. The van der Waals surface area contributed by atoms with Crippen molar-refractivity contribution in [1.82, 2.24) is 15.2 Å². The number of halogens is 5. The van der Waals surface area contributed by atoms with E-state index in [1.807, 2.05) is 12.1 Å². The number of aliphatic hydroxyl groups is 1. The van der Waals surface area contributed by atoms with Gasteiger partial charge in [0.15, 0.2) is 34.7 Å². The van der Waals surface area contributed by atoms with Crippen molar-refractivity contribution in [3.63, 3.8) is 0 Å². The normalized spacial score (nSPS) is 18.8. The highest BCUT2D eigenvalue weighted by Gasteiger charge is 2.33. The number of amides is 1. The maximum atomic E-state index is 14.0. The molecule has 1 aliphatic heterocycles. The Morgan fingerprint density at radius 2 is 1.56 bits per heavy atom. The van der Waals surface area contributed by atoms with Crippen molar-refractivity contribution in [3.8, 4) is 0 Å². The summed E-state index contributed by atoms with van der Waals surface area (Å²) in [7, 11) is 0. The minimum Gasteiger partial charge on any atom is -0.392 e. The number of H-pyrrole nitrogens is 1. The molecule has 41 heavy (non-hydrogen) atoms. The van der Waals surface area contributed by atoms with Gasteiger partial charge in [-0.2, -0.15) is 5.10 Å². The predicted molar refractivity (Wildman–Crippen MR) is 136 cm³/mol. The fourth-order valence-electron chi connectivity index (χ4n) is 4.18. The Balaban J connectivity index is 1.33. The Kier molecular flexibility index (Phi) is 8.63. The van der Waals surface area contributed by atoms with Crippen LogP contribution in [0.25, 0.3) is 0 Å². The summed E-state index contributed by atoms with van der Waals surface area (Å²) in [6.45, 7) is -0.0960. The number of benzene rings is 3. The number of ether oxygens (including phenoxy) is 2. The van der Waals surface area contributed by atoms with E-state index in [0.29, 0.717) is 22.9 Å². The Hall–Kier alpha value is -3.85. The van der Waals surface area contributed by atoms with E-state index >= 15 is 0 Å². The highest BCUT2D eigenvalue weighted by Crippen LogP contribution is 2.39. The van der Waals surface area contributed by atoms with Gasteiger partial charge in [-0.15, -0.1) is 0 Å². The van der Waals surface area contributed by atoms with Crippen molar-refractivity contribution < 1.29 is 41.3 Å². The molecule has 0 radical (unpaired) electrons. The second-order valence-electron chi connectivity index (χ2n) is 8.97. The number of nitrogens with zero attached hydrogens (tertiary/aromatic N) is 2. The Morgan fingerprint density at radius 3 is 2.17 bits per heavy atom. The van der Waals surface area contributed by atoms with E-state index in [1.165, 1.54) is 42.4 Å². The molecule has 1 saturated heterocycles. The SMILES string of the molecule is O=C(Nc1ccc([C@H]2O[C@@H](CSc3ncn[nH]3)C[C@@H](c3ccc(CO)cc3)O2)cc1)c1c(F)c(F)c(F)c(F)c1F. The van der Waals surface area contributed by atoms with Gasteiger partial charge in [-0.1, -0.05) is 48.2 Å². The van der Waals surface area contributed by atoms with Crippen molar-refractivity contribution in [2.45, 2.75) is 36.7 Å². The molecule has 8 nitrogen and oxygen atoms in total. The van der Waals surface area contributed by atoms with Crippen LogP contribution in [0.1, 0.15) is 45.9 Å². The molecule has 0 bridgehead atoms. The van der Waals surface area contributed by atoms with Gasteiger partial charge in [0.1, 0.15) is 11.9 Å². The summed E-state index contributed by atoms with van der Waals surface area (Å²) in [5.74, 6) is -12.2. The summed E-state index contributed by atoms with van der Waals surface area (Å²) in [5.41, 5.74) is 0.611. The van der Waals surface area contributed by atoms with Gasteiger partial charge in [-0.05, 0) is 23.3 Å². The fourth-order valence-corrected chi connectivity index (χ4v) is 4.98. The molecule has 14 heteroatoms. The quantitative estimate of drug-likeness (QED) is 0.106. The molecule has 0 spiro atoms. The molecule has 0 saturated carbocycles. The number of aromatic amines is 1. The van der Waals surface area contributed by atoms with Crippen LogP contribution in [0.3, 0.4) is 0 Å². The van der Waals surface area contributed by atoms with E-state index in [-0.39, 0.29) is 24.5 Å². The lowest BCUT2D eigenvalue weighted by molar-refractivity contribution is -0.245. The number of carbonyl (C=O) groups excluding carboxylic acids is 1. The lowest BCUT2D eigenvalue weighted by Crippen LogP contribution is -2.31. The van der Waals surface area contributed by atoms with Crippen LogP contribution in [0.5, 0.6) is 0 Å². The average molecular weight is 593 g/mol. The van der Waals surface area contributed by atoms with Gasteiger partial charge in [-0.3, -0.25) is 9.89 Å². The number of nitrogens with one attached hydrogen (secondary N) is 2. The van der Waals surface area contributed by atoms with Crippen molar-refractivity contribution in [2.75, 3.05) is 11.1 Å².